The van der Waals surface area contributed by atoms with E-state index in [9.17, 15) is 4.79 Å². The van der Waals surface area contributed by atoms with Gasteiger partial charge in [-0.15, -0.1) is 0 Å². The van der Waals surface area contributed by atoms with Crippen LogP contribution < -0.4 is 21.3 Å². The average molecular weight is 406 g/mol. The molecule has 0 saturated carbocycles. The Kier molecular flexibility index (Phi) is 4.47. The van der Waals surface area contributed by atoms with Crippen molar-refractivity contribution in [2.75, 3.05) is 36.0 Å². The number of amides is 1. The van der Waals surface area contributed by atoms with Crippen molar-refractivity contribution in [3.8, 4) is 0 Å². The van der Waals surface area contributed by atoms with E-state index in [1.54, 1.807) is 6.07 Å². The highest BCUT2D eigenvalue weighted by Gasteiger charge is 2.32. The summed E-state index contributed by atoms with van der Waals surface area (Å²) in [6.45, 7) is 6.26. The fraction of sp³-hybridized carbons (Fsp3) is 0.455. The van der Waals surface area contributed by atoms with Crippen LogP contribution in [0.2, 0.25) is 0 Å². The second kappa shape index (κ2) is 7.05. The zero-order valence-electron chi connectivity index (χ0n) is 17.3. The maximum atomic E-state index is 11.5. The lowest BCUT2D eigenvalue weighted by Crippen LogP contribution is -2.42. The van der Waals surface area contributed by atoms with Gasteiger partial charge in [-0.1, -0.05) is 6.92 Å². The first-order valence-electron chi connectivity index (χ1n) is 10.5. The molecular formula is C22H27N7O. The number of amidine groups is 1. The molecule has 5 rings (SSSR count). The van der Waals surface area contributed by atoms with Gasteiger partial charge in [-0.05, 0) is 55.0 Å². The highest BCUT2D eigenvalue weighted by Crippen LogP contribution is 2.34. The van der Waals surface area contributed by atoms with Gasteiger partial charge in [0.1, 0.15) is 11.5 Å². The van der Waals surface area contributed by atoms with Crippen LogP contribution in [0.25, 0.3) is 0 Å². The molecule has 1 aromatic carbocycles. The lowest BCUT2D eigenvalue weighted by Gasteiger charge is -2.39. The molecule has 4 heterocycles. The van der Waals surface area contributed by atoms with Gasteiger partial charge < -0.3 is 21.3 Å². The Bertz CT molecular complexity index is 1040. The fourth-order valence-corrected chi connectivity index (χ4v) is 4.56. The minimum absolute atomic E-state index is 0.231. The molecule has 0 bridgehead atoms. The smallest absolute Gasteiger partial charge is 0.248 e. The Morgan fingerprint density at radius 2 is 2.03 bits per heavy atom. The van der Waals surface area contributed by atoms with E-state index < -0.39 is 5.91 Å². The highest BCUT2D eigenvalue weighted by molar-refractivity contribution is 6.12. The molecule has 30 heavy (non-hydrogen) atoms. The third-order valence-electron chi connectivity index (χ3n) is 6.72. The molecule has 1 aromatic heterocycles. The van der Waals surface area contributed by atoms with E-state index in [1.165, 1.54) is 0 Å². The SMILES string of the molecule is CC1(CN)CCN(c2cnc3c(n2)CN=C3N2CCc3cc(C(N)=O)ccc32)CC1. The summed E-state index contributed by atoms with van der Waals surface area (Å²) < 4.78 is 0. The van der Waals surface area contributed by atoms with Gasteiger partial charge in [0.2, 0.25) is 5.91 Å². The predicted molar refractivity (Wildman–Crippen MR) is 117 cm³/mol. The van der Waals surface area contributed by atoms with E-state index in [-0.39, 0.29) is 5.41 Å². The lowest BCUT2D eigenvalue weighted by atomic mass is 9.80. The number of piperidine rings is 1. The minimum atomic E-state index is -0.400. The Hall–Kier alpha value is -3.00. The van der Waals surface area contributed by atoms with Crippen molar-refractivity contribution >= 4 is 23.2 Å². The van der Waals surface area contributed by atoms with Gasteiger partial charge in [-0.2, -0.15) is 0 Å². The van der Waals surface area contributed by atoms with Gasteiger partial charge >= 0.3 is 0 Å². The normalized spacial score (nSPS) is 19.5. The second-order valence-electron chi connectivity index (χ2n) is 8.77. The average Bonchev–Trinajstić information content (AvgIpc) is 3.37. The summed E-state index contributed by atoms with van der Waals surface area (Å²) in [5.74, 6) is 1.39. The van der Waals surface area contributed by atoms with Crippen molar-refractivity contribution < 1.29 is 4.79 Å². The summed E-state index contributed by atoms with van der Waals surface area (Å²) >= 11 is 0. The molecule has 0 atom stereocenters. The number of aliphatic imine (C=N–C) groups is 1. The number of carbonyl (C=O) groups is 1. The summed E-state index contributed by atoms with van der Waals surface area (Å²) in [4.78, 5) is 30.4. The number of nitrogens with two attached hydrogens (primary N) is 2. The molecule has 1 fully saturated rings. The monoisotopic (exact) mass is 405 g/mol. The van der Waals surface area contributed by atoms with Crippen LogP contribution in [0, 0.1) is 5.41 Å². The predicted octanol–water partition coefficient (Wildman–Crippen LogP) is 1.46. The number of benzene rings is 1. The summed E-state index contributed by atoms with van der Waals surface area (Å²) in [7, 11) is 0. The molecule has 1 amide bonds. The Morgan fingerprint density at radius 1 is 1.23 bits per heavy atom. The third-order valence-corrected chi connectivity index (χ3v) is 6.72. The molecule has 2 aromatic rings. The van der Waals surface area contributed by atoms with Crippen LogP contribution in [0.1, 0.15) is 47.1 Å². The number of hydrogen-bond acceptors (Lipinski definition) is 7. The standard InChI is InChI=1S/C22H27N7O/c1-22(13-23)5-8-28(9-6-22)18-12-25-19-16(27-18)11-26-21(19)29-7-4-14-10-15(20(24)30)2-3-17(14)29/h2-3,10,12H,4-9,11,13,23H2,1H3,(H2,24,30). The van der Waals surface area contributed by atoms with E-state index in [0.29, 0.717) is 12.1 Å². The molecule has 156 valence electrons. The number of anilines is 2. The Balaban J connectivity index is 1.36. The van der Waals surface area contributed by atoms with Crippen molar-refractivity contribution in [1.82, 2.24) is 9.97 Å². The molecule has 0 aliphatic carbocycles. The molecule has 8 nitrogen and oxygen atoms in total. The Morgan fingerprint density at radius 3 is 2.77 bits per heavy atom. The first-order chi connectivity index (χ1) is 14.5. The first-order valence-corrected chi connectivity index (χ1v) is 10.5. The fourth-order valence-electron chi connectivity index (χ4n) is 4.56. The van der Waals surface area contributed by atoms with E-state index in [2.05, 4.69) is 16.7 Å². The molecule has 0 radical (unpaired) electrons. The lowest BCUT2D eigenvalue weighted by molar-refractivity contribution is 0.1000. The van der Waals surface area contributed by atoms with E-state index >= 15 is 0 Å². The van der Waals surface area contributed by atoms with Crippen molar-refractivity contribution in [1.29, 1.82) is 0 Å². The van der Waals surface area contributed by atoms with Gasteiger partial charge in [0.15, 0.2) is 5.84 Å². The molecule has 0 unspecified atom stereocenters. The van der Waals surface area contributed by atoms with Gasteiger partial charge in [0, 0.05) is 30.9 Å². The maximum Gasteiger partial charge on any atom is 0.248 e. The highest BCUT2D eigenvalue weighted by atomic mass is 16.1. The molecule has 3 aliphatic rings. The van der Waals surface area contributed by atoms with Crippen molar-refractivity contribution in [2.45, 2.75) is 32.7 Å². The minimum Gasteiger partial charge on any atom is -0.366 e. The van der Waals surface area contributed by atoms with Crippen molar-refractivity contribution in [2.24, 2.45) is 21.9 Å². The van der Waals surface area contributed by atoms with Gasteiger partial charge in [-0.3, -0.25) is 9.79 Å². The first kappa shape index (κ1) is 19.0. The largest absolute Gasteiger partial charge is 0.366 e. The maximum absolute atomic E-state index is 11.5. The number of aromatic nitrogens is 2. The second-order valence-corrected chi connectivity index (χ2v) is 8.77. The van der Waals surface area contributed by atoms with Gasteiger partial charge in [0.05, 0.1) is 18.4 Å². The summed E-state index contributed by atoms with van der Waals surface area (Å²) in [5.41, 5.74) is 16.1. The van der Waals surface area contributed by atoms with Crippen LogP contribution >= 0.6 is 0 Å². The molecule has 0 spiro atoms. The van der Waals surface area contributed by atoms with Crippen LogP contribution in [-0.2, 0) is 13.0 Å². The number of hydrogen-bond donors (Lipinski definition) is 2. The van der Waals surface area contributed by atoms with E-state index in [1.807, 2.05) is 18.3 Å². The zero-order chi connectivity index (χ0) is 20.9. The number of nitrogens with zero attached hydrogens (tertiary/aromatic N) is 5. The zero-order valence-corrected chi connectivity index (χ0v) is 17.3. The molecule has 1 saturated heterocycles. The summed E-state index contributed by atoms with van der Waals surface area (Å²) in [6.07, 6.45) is 4.87. The number of carbonyl (C=O) groups excluding carboxylic acids is 1. The van der Waals surface area contributed by atoms with Crippen LogP contribution in [-0.4, -0.2) is 47.9 Å². The van der Waals surface area contributed by atoms with E-state index in [4.69, 9.17) is 26.4 Å². The van der Waals surface area contributed by atoms with Crippen LogP contribution in [0.15, 0.2) is 29.4 Å². The van der Waals surface area contributed by atoms with Crippen molar-refractivity contribution in [3.63, 3.8) is 0 Å². The number of fused-ring (bicyclic) bond motifs is 2. The Labute approximate surface area is 176 Å². The van der Waals surface area contributed by atoms with Gasteiger partial charge in [0.25, 0.3) is 0 Å². The molecule has 3 aliphatic heterocycles. The van der Waals surface area contributed by atoms with Crippen LogP contribution in [0.3, 0.4) is 0 Å². The third kappa shape index (κ3) is 3.11. The van der Waals surface area contributed by atoms with E-state index in [0.717, 1.165) is 79.7 Å². The number of rotatable bonds is 3. The van der Waals surface area contributed by atoms with Gasteiger partial charge in [-0.25, -0.2) is 9.97 Å². The molecule has 4 N–H and O–H groups in total. The molecular weight excluding hydrogens is 378 g/mol. The quantitative estimate of drug-likeness (QED) is 0.799. The molecule has 8 heteroatoms. The van der Waals surface area contributed by atoms with Crippen molar-refractivity contribution in [3.05, 3.63) is 46.9 Å². The van der Waals surface area contributed by atoms with Crippen LogP contribution in [0.4, 0.5) is 11.5 Å². The van der Waals surface area contributed by atoms with Crippen LogP contribution in [0.5, 0.6) is 0 Å². The summed E-state index contributed by atoms with van der Waals surface area (Å²) in [6, 6.07) is 5.61. The number of primary amides is 1. The topological polar surface area (TPSA) is 114 Å². The summed E-state index contributed by atoms with van der Waals surface area (Å²) in [5, 5.41) is 0.